The van der Waals surface area contributed by atoms with Gasteiger partial charge in [-0.25, -0.2) is 5.43 Å². The second-order valence-electron chi connectivity index (χ2n) is 4.49. The van der Waals surface area contributed by atoms with Crippen molar-refractivity contribution in [3.63, 3.8) is 0 Å². The highest BCUT2D eigenvalue weighted by Gasteiger charge is 2.23. The van der Waals surface area contributed by atoms with Gasteiger partial charge in [0.25, 0.3) is 5.91 Å². The summed E-state index contributed by atoms with van der Waals surface area (Å²) in [6, 6.07) is 9.29. The zero-order valence-electron chi connectivity index (χ0n) is 12.4. The van der Waals surface area contributed by atoms with Crippen LogP contribution in [0.5, 0.6) is 11.5 Å². The molecule has 0 radical (unpaired) electrons. The minimum Gasteiger partial charge on any atom is -0.504 e. The molecule has 9 heteroatoms. The Bertz CT molecular complexity index is 823. The Hall–Kier alpha value is -2.94. The molecule has 24 heavy (non-hydrogen) atoms. The molecule has 0 aromatic heterocycles. The summed E-state index contributed by atoms with van der Waals surface area (Å²) in [6.45, 7) is 0. The highest BCUT2D eigenvalue weighted by molar-refractivity contribution is 9.10. The molecule has 0 heterocycles. The van der Waals surface area contributed by atoms with Crippen molar-refractivity contribution >= 4 is 33.7 Å². The quantitative estimate of drug-likeness (QED) is 0.460. The number of nitrogens with one attached hydrogen (secondary N) is 1. The number of halogens is 1. The smallest absolute Gasteiger partial charge is 0.323 e. The molecule has 2 N–H and O–H groups in total. The van der Waals surface area contributed by atoms with E-state index in [9.17, 15) is 20.0 Å². The van der Waals surface area contributed by atoms with Crippen LogP contribution in [0.4, 0.5) is 5.69 Å². The van der Waals surface area contributed by atoms with E-state index in [1.54, 1.807) is 24.3 Å². The molecule has 0 saturated heterocycles. The lowest BCUT2D eigenvalue weighted by Crippen LogP contribution is -2.18. The maximum atomic E-state index is 12.0. The Balaban J connectivity index is 2.25. The van der Waals surface area contributed by atoms with Crippen LogP contribution >= 0.6 is 15.9 Å². The zero-order valence-corrected chi connectivity index (χ0v) is 14.0. The Labute approximate surface area is 145 Å². The van der Waals surface area contributed by atoms with Gasteiger partial charge in [-0.1, -0.05) is 12.1 Å². The summed E-state index contributed by atoms with van der Waals surface area (Å²) in [6.07, 6.45) is 1.11. The molecule has 2 rings (SSSR count). The van der Waals surface area contributed by atoms with Gasteiger partial charge in [-0.15, -0.1) is 0 Å². The number of hydrogen-bond donors (Lipinski definition) is 2. The molecule has 0 unspecified atom stereocenters. The average Bonchev–Trinajstić information content (AvgIpc) is 2.55. The van der Waals surface area contributed by atoms with Crippen LogP contribution in [0.1, 0.15) is 15.9 Å². The number of rotatable bonds is 5. The van der Waals surface area contributed by atoms with Crippen LogP contribution in [0.3, 0.4) is 0 Å². The zero-order chi connectivity index (χ0) is 17.7. The highest BCUT2D eigenvalue weighted by Crippen LogP contribution is 2.37. The molecule has 0 bridgehead atoms. The van der Waals surface area contributed by atoms with Gasteiger partial charge in [-0.3, -0.25) is 14.9 Å². The summed E-state index contributed by atoms with van der Waals surface area (Å²) in [7, 11) is 1.21. The largest absolute Gasteiger partial charge is 0.504 e. The second-order valence-corrected chi connectivity index (χ2v) is 5.35. The summed E-state index contributed by atoms with van der Waals surface area (Å²) >= 11 is 3.24. The predicted molar refractivity (Wildman–Crippen MR) is 90.5 cm³/mol. The monoisotopic (exact) mass is 393 g/mol. The number of carbonyl (C=O) groups excluding carboxylic acids is 1. The number of nitro groups is 1. The molecule has 2 aromatic carbocycles. The molecule has 8 nitrogen and oxygen atoms in total. The van der Waals surface area contributed by atoms with Crippen molar-refractivity contribution in [1.29, 1.82) is 0 Å². The van der Waals surface area contributed by atoms with Crippen molar-refractivity contribution in [1.82, 2.24) is 5.43 Å². The number of benzene rings is 2. The third-order valence-electron chi connectivity index (χ3n) is 3.02. The number of ether oxygens (including phenoxy) is 1. The highest BCUT2D eigenvalue weighted by atomic mass is 79.9. The van der Waals surface area contributed by atoms with Gasteiger partial charge < -0.3 is 9.84 Å². The van der Waals surface area contributed by atoms with E-state index < -0.39 is 16.5 Å². The van der Waals surface area contributed by atoms with Gasteiger partial charge in [-0.2, -0.15) is 5.10 Å². The predicted octanol–water partition coefficient (Wildman–Crippen LogP) is 2.84. The van der Waals surface area contributed by atoms with Gasteiger partial charge in [0.1, 0.15) is 0 Å². The van der Waals surface area contributed by atoms with Crippen LogP contribution in [0.25, 0.3) is 0 Å². The summed E-state index contributed by atoms with van der Waals surface area (Å²) in [5, 5.41) is 24.5. The maximum Gasteiger partial charge on any atom is 0.323 e. The first-order chi connectivity index (χ1) is 11.5. The van der Waals surface area contributed by atoms with E-state index >= 15 is 0 Å². The van der Waals surface area contributed by atoms with Crippen LogP contribution in [0.2, 0.25) is 0 Å². The molecule has 0 saturated carbocycles. The lowest BCUT2D eigenvalue weighted by atomic mass is 10.1. The van der Waals surface area contributed by atoms with E-state index in [2.05, 4.69) is 26.5 Å². The average molecular weight is 394 g/mol. The molecule has 124 valence electrons. The van der Waals surface area contributed by atoms with Crippen LogP contribution in [0.15, 0.2) is 46.0 Å². The van der Waals surface area contributed by atoms with Crippen molar-refractivity contribution in [3.8, 4) is 11.5 Å². The van der Waals surface area contributed by atoms with Crippen molar-refractivity contribution in [3.05, 3.63) is 62.1 Å². The van der Waals surface area contributed by atoms with Gasteiger partial charge in [0.2, 0.25) is 5.75 Å². The topological polar surface area (TPSA) is 114 Å². The molecule has 0 aliphatic rings. The summed E-state index contributed by atoms with van der Waals surface area (Å²) in [4.78, 5) is 22.5. The van der Waals surface area contributed by atoms with E-state index in [1.165, 1.54) is 19.2 Å². The number of nitrogens with zero attached hydrogens (tertiary/aromatic N) is 2. The number of hydrogen-bond acceptors (Lipinski definition) is 6. The van der Waals surface area contributed by atoms with Crippen LogP contribution in [-0.2, 0) is 0 Å². The summed E-state index contributed by atoms with van der Waals surface area (Å²) in [5.41, 5.74) is 2.27. The SMILES string of the molecule is COc1c(O)ccc(/C=N/NC(=O)c2ccccc2Br)c1[N+](=O)[O-]. The normalized spacial score (nSPS) is 10.6. The van der Waals surface area contributed by atoms with Gasteiger partial charge in [-0.05, 0) is 40.2 Å². The molecule has 0 aliphatic carbocycles. The molecule has 0 atom stereocenters. The van der Waals surface area contributed by atoms with Crippen LogP contribution < -0.4 is 10.2 Å². The molecule has 0 spiro atoms. The molecular weight excluding hydrogens is 382 g/mol. The lowest BCUT2D eigenvalue weighted by Gasteiger charge is -2.06. The number of phenols is 1. The second kappa shape index (κ2) is 7.55. The van der Waals surface area contributed by atoms with Crippen LogP contribution in [-0.4, -0.2) is 29.3 Å². The van der Waals surface area contributed by atoms with E-state index in [0.29, 0.717) is 10.0 Å². The minimum absolute atomic E-state index is 0.0714. The van der Waals surface area contributed by atoms with Crippen molar-refractivity contribution in [2.45, 2.75) is 0 Å². The van der Waals surface area contributed by atoms with E-state index in [1.807, 2.05) is 0 Å². The Kier molecular flexibility index (Phi) is 5.48. The molecule has 2 aromatic rings. The van der Waals surface area contributed by atoms with Gasteiger partial charge in [0.15, 0.2) is 5.75 Å². The first-order valence-corrected chi connectivity index (χ1v) is 7.37. The fourth-order valence-electron chi connectivity index (χ4n) is 1.94. The maximum absolute atomic E-state index is 12.0. The number of carbonyl (C=O) groups is 1. The fourth-order valence-corrected chi connectivity index (χ4v) is 2.40. The third kappa shape index (κ3) is 3.69. The van der Waals surface area contributed by atoms with E-state index in [0.717, 1.165) is 6.21 Å². The Morgan fingerprint density at radius 3 is 2.71 bits per heavy atom. The summed E-state index contributed by atoms with van der Waals surface area (Å²) in [5.74, 6) is -1.12. The molecule has 0 fully saturated rings. The number of aromatic hydroxyl groups is 1. The van der Waals surface area contributed by atoms with Gasteiger partial charge >= 0.3 is 5.69 Å². The molecule has 1 amide bonds. The van der Waals surface area contributed by atoms with Crippen LogP contribution in [0, 0.1) is 10.1 Å². The number of phenolic OH excluding ortho intramolecular Hbond substituents is 1. The van der Waals surface area contributed by atoms with Gasteiger partial charge in [0.05, 0.1) is 29.4 Å². The molecular formula is C15H12BrN3O5. The van der Waals surface area contributed by atoms with Crippen molar-refractivity contribution in [2.75, 3.05) is 7.11 Å². The van der Waals surface area contributed by atoms with Crippen molar-refractivity contribution < 1.29 is 19.6 Å². The number of nitro benzene ring substituents is 1. The fraction of sp³-hybridized carbons (Fsp3) is 0.0667. The first-order valence-electron chi connectivity index (χ1n) is 6.58. The first kappa shape index (κ1) is 17.4. The van der Waals surface area contributed by atoms with E-state index in [-0.39, 0.29) is 17.1 Å². The summed E-state index contributed by atoms with van der Waals surface area (Å²) < 4.78 is 5.44. The third-order valence-corrected chi connectivity index (χ3v) is 3.71. The van der Waals surface area contributed by atoms with Gasteiger partial charge in [0, 0.05) is 4.47 Å². The number of methoxy groups -OCH3 is 1. The molecule has 0 aliphatic heterocycles. The van der Waals surface area contributed by atoms with E-state index in [4.69, 9.17) is 4.74 Å². The van der Waals surface area contributed by atoms with Crippen molar-refractivity contribution in [2.24, 2.45) is 5.10 Å². The Morgan fingerprint density at radius 1 is 1.38 bits per heavy atom. The lowest BCUT2D eigenvalue weighted by molar-refractivity contribution is -0.386. The number of hydrazone groups is 1. The standard InChI is InChI=1S/C15H12BrN3O5/c1-24-14-12(20)7-6-9(13(14)19(22)23)8-17-18-15(21)10-4-2-3-5-11(10)16/h2-8,20H,1H3,(H,18,21)/b17-8+. The number of amides is 1. The Morgan fingerprint density at radius 2 is 2.08 bits per heavy atom. The minimum atomic E-state index is -0.699.